The van der Waals surface area contributed by atoms with Crippen LogP contribution in [0.5, 0.6) is 0 Å². The summed E-state index contributed by atoms with van der Waals surface area (Å²) in [5, 5.41) is 0. The van der Waals surface area contributed by atoms with E-state index in [-0.39, 0.29) is 0 Å². The molecule has 0 unspecified atom stereocenters. The van der Waals surface area contributed by atoms with Crippen LogP contribution in [0.3, 0.4) is 0 Å². The lowest BCUT2D eigenvalue weighted by Gasteiger charge is -2.33. The lowest BCUT2D eigenvalue weighted by molar-refractivity contribution is 0.152. The second-order valence-electron chi connectivity index (χ2n) is 6.68. The maximum atomic E-state index is 4.87. The summed E-state index contributed by atoms with van der Waals surface area (Å²) in [6.45, 7) is 8.04. The van der Waals surface area contributed by atoms with E-state index < -0.39 is 0 Å². The molecule has 0 aliphatic heterocycles. The number of fused-ring (bicyclic) bond motifs is 2. The average Bonchev–Trinajstić information content (AvgIpc) is 2.69. The highest BCUT2D eigenvalue weighted by molar-refractivity contribution is 5.91. The van der Waals surface area contributed by atoms with E-state index in [0.717, 1.165) is 12.2 Å². The second-order valence-corrected chi connectivity index (χ2v) is 6.68. The van der Waals surface area contributed by atoms with Crippen LogP contribution in [-0.2, 0) is 6.54 Å². The molecule has 2 saturated carbocycles. The maximum Gasteiger partial charge on any atom is 0.0811 e. The first-order chi connectivity index (χ1) is 8.53. The average molecular weight is 242 g/mol. The highest BCUT2D eigenvalue weighted by atomic mass is 14.8. The van der Waals surface area contributed by atoms with Crippen LogP contribution in [0.25, 0.3) is 0 Å². The predicted molar refractivity (Wildman–Crippen MR) is 74.6 cm³/mol. The van der Waals surface area contributed by atoms with E-state index in [9.17, 15) is 0 Å². The van der Waals surface area contributed by atoms with Crippen molar-refractivity contribution in [3.8, 4) is 0 Å². The summed E-state index contributed by atoms with van der Waals surface area (Å²) in [7, 11) is 0. The Morgan fingerprint density at radius 2 is 2.17 bits per heavy atom. The van der Waals surface area contributed by atoms with Crippen LogP contribution >= 0.6 is 0 Å². The first-order valence-electron chi connectivity index (χ1n) is 6.96. The van der Waals surface area contributed by atoms with Gasteiger partial charge in [-0.15, -0.1) is 0 Å². The van der Waals surface area contributed by atoms with Crippen molar-refractivity contribution in [3.05, 3.63) is 30.1 Å². The van der Waals surface area contributed by atoms with E-state index in [4.69, 9.17) is 4.99 Å². The summed E-state index contributed by atoms with van der Waals surface area (Å²) in [6.07, 6.45) is 5.73. The standard InChI is InChI=1S/C16H22N2/c1-15(2)13-7-8-16(15,3)10-14(13)18-11-12-6-4-5-9-17-12/h4-6,9,13H,7-8,10-11H2,1-3H3/t13-,16+/m0/s1. The molecule has 2 heteroatoms. The molecule has 0 spiro atoms. The second kappa shape index (κ2) is 3.91. The topological polar surface area (TPSA) is 25.2 Å². The number of hydrogen-bond donors (Lipinski definition) is 0. The van der Waals surface area contributed by atoms with Gasteiger partial charge in [-0.05, 0) is 42.2 Å². The van der Waals surface area contributed by atoms with E-state index in [1.807, 2.05) is 18.3 Å². The fraction of sp³-hybridized carbons (Fsp3) is 0.625. The highest BCUT2D eigenvalue weighted by Crippen LogP contribution is 2.64. The summed E-state index contributed by atoms with van der Waals surface area (Å²) < 4.78 is 0. The fourth-order valence-corrected chi connectivity index (χ4v) is 3.83. The normalized spacial score (nSPS) is 35.3. The molecule has 2 fully saturated rings. The number of hydrogen-bond acceptors (Lipinski definition) is 2. The summed E-state index contributed by atoms with van der Waals surface area (Å²) >= 11 is 0. The molecule has 2 aliphatic rings. The van der Waals surface area contributed by atoms with Crippen LogP contribution in [0.4, 0.5) is 0 Å². The van der Waals surface area contributed by atoms with Gasteiger partial charge in [-0.3, -0.25) is 9.98 Å². The summed E-state index contributed by atoms with van der Waals surface area (Å²) in [6, 6.07) is 6.05. The van der Waals surface area contributed by atoms with Gasteiger partial charge < -0.3 is 0 Å². The van der Waals surface area contributed by atoms with E-state index in [1.165, 1.54) is 25.0 Å². The van der Waals surface area contributed by atoms with Gasteiger partial charge in [0.2, 0.25) is 0 Å². The molecule has 2 bridgehead atoms. The van der Waals surface area contributed by atoms with Crippen molar-refractivity contribution in [1.29, 1.82) is 0 Å². The van der Waals surface area contributed by atoms with Crippen molar-refractivity contribution in [2.45, 2.75) is 46.6 Å². The number of rotatable bonds is 2. The van der Waals surface area contributed by atoms with Crippen molar-refractivity contribution in [2.24, 2.45) is 21.7 Å². The van der Waals surface area contributed by atoms with Gasteiger partial charge in [-0.25, -0.2) is 0 Å². The number of nitrogens with zero attached hydrogens (tertiary/aromatic N) is 2. The first kappa shape index (κ1) is 11.9. The van der Waals surface area contributed by atoms with Gasteiger partial charge in [0, 0.05) is 17.8 Å². The third-order valence-electron chi connectivity index (χ3n) is 5.56. The van der Waals surface area contributed by atoms with Crippen molar-refractivity contribution in [1.82, 2.24) is 4.98 Å². The molecule has 18 heavy (non-hydrogen) atoms. The highest BCUT2D eigenvalue weighted by Gasteiger charge is 2.58. The van der Waals surface area contributed by atoms with Gasteiger partial charge in [-0.2, -0.15) is 0 Å². The Kier molecular flexibility index (Phi) is 2.58. The van der Waals surface area contributed by atoms with Gasteiger partial charge in [0.05, 0.1) is 12.2 Å². The molecule has 96 valence electrons. The zero-order chi connectivity index (χ0) is 12.8. The van der Waals surface area contributed by atoms with E-state index in [1.54, 1.807) is 0 Å². The van der Waals surface area contributed by atoms with Gasteiger partial charge >= 0.3 is 0 Å². The summed E-state index contributed by atoms with van der Waals surface area (Å²) in [5.74, 6) is 0.700. The minimum Gasteiger partial charge on any atom is -0.287 e. The minimum absolute atomic E-state index is 0.427. The molecule has 1 heterocycles. The molecule has 2 atom stereocenters. The quantitative estimate of drug-likeness (QED) is 0.773. The Bertz CT molecular complexity index is 472. The van der Waals surface area contributed by atoms with E-state index in [0.29, 0.717) is 16.7 Å². The third kappa shape index (κ3) is 1.62. The van der Waals surface area contributed by atoms with E-state index in [2.05, 4.69) is 31.8 Å². The van der Waals surface area contributed by atoms with Crippen molar-refractivity contribution in [2.75, 3.05) is 0 Å². The smallest absolute Gasteiger partial charge is 0.0811 e. The SMILES string of the molecule is CC1(C)[C@H]2CC[C@]1(C)CC2=NCc1ccccn1. The molecule has 0 N–H and O–H groups in total. The lowest BCUT2D eigenvalue weighted by Crippen LogP contribution is -2.26. The maximum absolute atomic E-state index is 4.87. The molecule has 2 aliphatic carbocycles. The molecule has 0 amide bonds. The molecule has 0 saturated heterocycles. The molecule has 1 aromatic heterocycles. The Morgan fingerprint density at radius 3 is 2.72 bits per heavy atom. The molecular weight excluding hydrogens is 220 g/mol. The fourth-order valence-electron chi connectivity index (χ4n) is 3.83. The van der Waals surface area contributed by atoms with E-state index >= 15 is 0 Å². The lowest BCUT2D eigenvalue weighted by atomic mass is 9.71. The third-order valence-corrected chi connectivity index (χ3v) is 5.56. The molecule has 0 aromatic carbocycles. The monoisotopic (exact) mass is 242 g/mol. The zero-order valence-electron chi connectivity index (χ0n) is 11.6. The van der Waals surface area contributed by atoms with Crippen LogP contribution in [0.2, 0.25) is 0 Å². The van der Waals surface area contributed by atoms with Gasteiger partial charge in [-0.1, -0.05) is 26.8 Å². The number of pyridine rings is 1. The first-order valence-corrected chi connectivity index (χ1v) is 6.96. The Morgan fingerprint density at radius 1 is 1.33 bits per heavy atom. The predicted octanol–water partition coefficient (Wildman–Crippen LogP) is 3.87. The minimum atomic E-state index is 0.427. The Labute approximate surface area is 110 Å². The molecular formula is C16H22N2. The zero-order valence-corrected chi connectivity index (χ0v) is 11.6. The van der Waals surface area contributed by atoms with Crippen LogP contribution in [0.1, 0.15) is 45.7 Å². The van der Waals surface area contributed by atoms with Crippen molar-refractivity contribution in [3.63, 3.8) is 0 Å². The van der Waals surface area contributed by atoms with Gasteiger partial charge in [0.25, 0.3) is 0 Å². The molecule has 2 nitrogen and oxygen atoms in total. The van der Waals surface area contributed by atoms with Crippen molar-refractivity contribution < 1.29 is 0 Å². The van der Waals surface area contributed by atoms with Crippen LogP contribution < -0.4 is 0 Å². The summed E-state index contributed by atoms with van der Waals surface area (Å²) in [5.41, 5.74) is 3.42. The van der Waals surface area contributed by atoms with Crippen LogP contribution in [-0.4, -0.2) is 10.7 Å². The molecule has 1 aromatic rings. The van der Waals surface area contributed by atoms with Gasteiger partial charge in [0.15, 0.2) is 0 Å². The van der Waals surface area contributed by atoms with Gasteiger partial charge in [0.1, 0.15) is 0 Å². The van der Waals surface area contributed by atoms with Crippen LogP contribution in [0.15, 0.2) is 29.4 Å². The largest absolute Gasteiger partial charge is 0.287 e. The Hall–Kier alpha value is -1.18. The Balaban J connectivity index is 1.80. The van der Waals surface area contributed by atoms with Crippen LogP contribution in [0, 0.1) is 16.7 Å². The summed E-state index contributed by atoms with van der Waals surface area (Å²) in [4.78, 5) is 9.22. The molecule has 3 rings (SSSR count). The number of aliphatic imine (C=N–C) groups is 1. The molecule has 0 radical (unpaired) electrons. The van der Waals surface area contributed by atoms with Crippen molar-refractivity contribution >= 4 is 5.71 Å². The number of aromatic nitrogens is 1.